The second kappa shape index (κ2) is 6.04. The van der Waals surface area contributed by atoms with E-state index < -0.39 is 0 Å². The second-order valence-corrected chi connectivity index (χ2v) is 8.34. The first kappa shape index (κ1) is 15.6. The zero-order valence-corrected chi connectivity index (χ0v) is 14.7. The van der Waals surface area contributed by atoms with Crippen LogP contribution in [0.5, 0.6) is 0 Å². The first-order valence-corrected chi connectivity index (χ1v) is 9.13. The highest BCUT2D eigenvalue weighted by molar-refractivity contribution is 7.09. The minimum absolute atomic E-state index is 0.0583. The smallest absolute Gasteiger partial charge is 0.267 e. The van der Waals surface area contributed by atoms with Crippen molar-refractivity contribution >= 4 is 28.8 Å². The number of thiazole rings is 1. The summed E-state index contributed by atoms with van der Waals surface area (Å²) in [6.07, 6.45) is 3.51. The van der Waals surface area contributed by atoms with Gasteiger partial charge in [-0.05, 0) is 24.4 Å². The predicted octanol–water partition coefficient (Wildman–Crippen LogP) is 3.31. The van der Waals surface area contributed by atoms with E-state index in [4.69, 9.17) is 4.98 Å². The van der Waals surface area contributed by atoms with Gasteiger partial charge in [0.2, 0.25) is 0 Å². The Kier molecular flexibility index (Phi) is 4.27. The zero-order chi connectivity index (χ0) is 15.7. The molecule has 3 rings (SSSR count). The van der Waals surface area contributed by atoms with Crippen LogP contribution in [0.2, 0.25) is 0 Å². The van der Waals surface area contributed by atoms with Gasteiger partial charge >= 0.3 is 0 Å². The Labute approximate surface area is 138 Å². The lowest BCUT2D eigenvalue weighted by Crippen LogP contribution is -2.37. The Balaban J connectivity index is 1.62. The topological polar surface area (TPSA) is 59.0 Å². The Hall–Kier alpha value is -1.34. The maximum Gasteiger partial charge on any atom is 0.267 e. The molecule has 1 amide bonds. The molecule has 1 fully saturated rings. The standard InChI is InChI=1S/C15H20N4OS2/c1-15(2,3)12-9-21-13(17-12)10-4-6-19(7-5-10)14(20)11-8-16-18-22-11/h8-10H,4-7H2,1-3H3. The molecule has 3 heterocycles. The van der Waals surface area contributed by atoms with E-state index in [9.17, 15) is 4.79 Å². The van der Waals surface area contributed by atoms with Gasteiger partial charge in [-0.3, -0.25) is 4.79 Å². The third kappa shape index (κ3) is 3.20. The van der Waals surface area contributed by atoms with Gasteiger partial charge in [0, 0.05) is 29.8 Å². The van der Waals surface area contributed by atoms with Crippen molar-refractivity contribution in [3.05, 3.63) is 27.2 Å². The lowest BCUT2D eigenvalue weighted by atomic mass is 9.93. The van der Waals surface area contributed by atoms with Crippen LogP contribution in [-0.2, 0) is 5.41 Å². The summed E-state index contributed by atoms with van der Waals surface area (Å²) >= 11 is 2.92. The summed E-state index contributed by atoms with van der Waals surface area (Å²) in [6, 6.07) is 0. The van der Waals surface area contributed by atoms with Crippen molar-refractivity contribution in [1.82, 2.24) is 19.5 Å². The summed E-state index contributed by atoms with van der Waals surface area (Å²) in [7, 11) is 0. The van der Waals surface area contributed by atoms with Crippen molar-refractivity contribution in [3.8, 4) is 0 Å². The van der Waals surface area contributed by atoms with Crippen LogP contribution in [0, 0.1) is 0 Å². The van der Waals surface area contributed by atoms with Crippen molar-refractivity contribution in [2.75, 3.05) is 13.1 Å². The lowest BCUT2D eigenvalue weighted by molar-refractivity contribution is 0.0717. The molecule has 5 nitrogen and oxygen atoms in total. The highest BCUT2D eigenvalue weighted by atomic mass is 32.1. The molecule has 1 saturated heterocycles. The summed E-state index contributed by atoms with van der Waals surface area (Å²) < 4.78 is 3.76. The molecule has 118 valence electrons. The number of hydrogen-bond acceptors (Lipinski definition) is 6. The van der Waals surface area contributed by atoms with E-state index in [0.717, 1.165) is 25.9 Å². The molecule has 2 aromatic heterocycles. The summed E-state index contributed by atoms with van der Waals surface area (Å²) in [5.41, 5.74) is 1.27. The van der Waals surface area contributed by atoms with Gasteiger partial charge in [0.15, 0.2) is 0 Å². The molecule has 1 aliphatic heterocycles. The number of hydrogen-bond donors (Lipinski definition) is 0. The summed E-state index contributed by atoms with van der Waals surface area (Å²) in [5, 5.41) is 7.13. The van der Waals surface area contributed by atoms with E-state index in [1.807, 2.05) is 4.90 Å². The predicted molar refractivity (Wildman–Crippen MR) is 88.6 cm³/mol. The number of amides is 1. The number of likely N-dealkylation sites (tertiary alicyclic amines) is 1. The number of carbonyl (C=O) groups excluding carboxylic acids is 1. The van der Waals surface area contributed by atoms with Crippen molar-refractivity contribution in [3.63, 3.8) is 0 Å². The van der Waals surface area contributed by atoms with Crippen LogP contribution < -0.4 is 0 Å². The van der Waals surface area contributed by atoms with E-state index in [0.29, 0.717) is 10.8 Å². The Morgan fingerprint density at radius 1 is 1.32 bits per heavy atom. The van der Waals surface area contributed by atoms with E-state index in [1.54, 1.807) is 17.5 Å². The van der Waals surface area contributed by atoms with Gasteiger partial charge in [0.25, 0.3) is 5.91 Å². The normalized spacial score (nSPS) is 17.0. The van der Waals surface area contributed by atoms with Gasteiger partial charge in [-0.1, -0.05) is 25.3 Å². The van der Waals surface area contributed by atoms with Crippen molar-refractivity contribution in [2.45, 2.75) is 44.9 Å². The minimum atomic E-state index is 0.0583. The average molecular weight is 336 g/mol. The lowest BCUT2D eigenvalue weighted by Gasteiger charge is -2.30. The van der Waals surface area contributed by atoms with Crippen LogP contribution in [-0.4, -0.2) is 38.5 Å². The van der Waals surface area contributed by atoms with Crippen LogP contribution in [0.25, 0.3) is 0 Å². The molecule has 22 heavy (non-hydrogen) atoms. The molecule has 0 aliphatic carbocycles. The fraction of sp³-hybridized carbons (Fsp3) is 0.600. The molecule has 7 heteroatoms. The minimum Gasteiger partial charge on any atom is -0.338 e. The molecule has 2 aromatic rings. The van der Waals surface area contributed by atoms with E-state index in [2.05, 4.69) is 35.7 Å². The number of piperidine rings is 1. The maximum atomic E-state index is 12.3. The molecule has 0 unspecified atom stereocenters. The number of rotatable bonds is 2. The molecular formula is C15H20N4OS2. The van der Waals surface area contributed by atoms with Gasteiger partial charge in [0.05, 0.1) is 16.9 Å². The third-order valence-corrected chi connectivity index (χ3v) is 5.65. The number of aromatic nitrogens is 3. The largest absolute Gasteiger partial charge is 0.338 e. The van der Waals surface area contributed by atoms with Gasteiger partial charge in [-0.15, -0.1) is 16.4 Å². The summed E-state index contributed by atoms with van der Waals surface area (Å²) in [6.45, 7) is 8.14. The second-order valence-electron chi connectivity index (χ2n) is 6.67. The van der Waals surface area contributed by atoms with Gasteiger partial charge in [-0.25, -0.2) is 4.98 Å². The van der Waals surface area contributed by atoms with Crippen LogP contribution in [0.1, 0.15) is 59.9 Å². The van der Waals surface area contributed by atoms with E-state index in [1.165, 1.54) is 22.2 Å². The first-order chi connectivity index (χ1) is 10.4. The number of nitrogens with zero attached hydrogens (tertiary/aromatic N) is 4. The SMILES string of the molecule is CC(C)(C)c1csc(C2CCN(C(=O)c3cnns3)CC2)n1. The number of carbonyl (C=O) groups is 1. The Morgan fingerprint density at radius 2 is 2.05 bits per heavy atom. The molecule has 0 radical (unpaired) electrons. The van der Waals surface area contributed by atoms with Gasteiger partial charge in [0.1, 0.15) is 4.88 Å². The van der Waals surface area contributed by atoms with Crippen LogP contribution >= 0.6 is 22.9 Å². The Bertz CT molecular complexity index is 637. The van der Waals surface area contributed by atoms with E-state index >= 15 is 0 Å². The molecule has 0 saturated carbocycles. The molecular weight excluding hydrogens is 316 g/mol. The highest BCUT2D eigenvalue weighted by Crippen LogP contribution is 2.33. The van der Waals surface area contributed by atoms with Crippen LogP contribution in [0.4, 0.5) is 0 Å². The maximum absolute atomic E-state index is 12.3. The average Bonchev–Trinajstić information content (AvgIpc) is 3.17. The van der Waals surface area contributed by atoms with Crippen molar-refractivity contribution < 1.29 is 4.79 Å². The van der Waals surface area contributed by atoms with Gasteiger partial charge < -0.3 is 4.90 Å². The quantitative estimate of drug-likeness (QED) is 0.844. The summed E-state index contributed by atoms with van der Waals surface area (Å²) in [4.78, 5) is 19.6. The van der Waals surface area contributed by atoms with E-state index in [-0.39, 0.29) is 11.3 Å². The van der Waals surface area contributed by atoms with Crippen LogP contribution in [0.3, 0.4) is 0 Å². The highest BCUT2D eigenvalue weighted by Gasteiger charge is 2.28. The summed E-state index contributed by atoms with van der Waals surface area (Å²) in [5.74, 6) is 0.535. The molecule has 0 aromatic carbocycles. The fourth-order valence-corrected chi connectivity index (χ4v) is 4.27. The molecule has 0 spiro atoms. The monoisotopic (exact) mass is 336 g/mol. The zero-order valence-electron chi connectivity index (χ0n) is 13.1. The van der Waals surface area contributed by atoms with Crippen molar-refractivity contribution in [2.24, 2.45) is 0 Å². The molecule has 0 N–H and O–H groups in total. The third-order valence-electron chi connectivity index (χ3n) is 3.99. The van der Waals surface area contributed by atoms with Gasteiger partial charge in [-0.2, -0.15) is 0 Å². The Morgan fingerprint density at radius 3 is 2.59 bits per heavy atom. The van der Waals surface area contributed by atoms with Crippen LogP contribution in [0.15, 0.2) is 11.6 Å². The molecule has 0 bridgehead atoms. The fourth-order valence-electron chi connectivity index (χ4n) is 2.57. The molecule has 0 atom stereocenters. The van der Waals surface area contributed by atoms with Crippen molar-refractivity contribution in [1.29, 1.82) is 0 Å². The first-order valence-electron chi connectivity index (χ1n) is 7.47. The molecule has 1 aliphatic rings.